The van der Waals surface area contributed by atoms with E-state index in [1.165, 1.54) is 5.69 Å². The maximum absolute atomic E-state index is 11.9. The monoisotopic (exact) mass is 289 g/mol. The van der Waals surface area contributed by atoms with Crippen molar-refractivity contribution in [1.82, 2.24) is 5.32 Å². The maximum Gasteiger partial charge on any atom is 0.236 e. The molecule has 0 spiro atoms. The van der Waals surface area contributed by atoms with Crippen molar-refractivity contribution in [3.63, 3.8) is 0 Å². The molecule has 4 heteroatoms. The van der Waals surface area contributed by atoms with Gasteiger partial charge in [0.2, 0.25) is 5.91 Å². The van der Waals surface area contributed by atoms with Crippen molar-refractivity contribution in [3.8, 4) is 0 Å². The minimum absolute atomic E-state index is 0.0122. The zero-order valence-corrected chi connectivity index (χ0v) is 13.1. The summed E-state index contributed by atoms with van der Waals surface area (Å²) in [6.45, 7) is 6.96. The van der Waals surface area contributed by atoms with Crippen LogP contribution in [0.1, 0.15) is 26.7 Å². The molecular weight excluding hydrogens is 262 g/mol. The van der Waals surface area contributed by atoms with Gasteiger partial charge in [-0.15, -0.1) is 0 Å². The lowest BCUT2D eigenvalue weighted by atomic mass is 10.0. The first-order valence-corrected chi connectivity index (χ1v) is 7.89. The first-order chi connectivity index (χ1) is 10.1. The molecule has 0 bridgehead atoms. The van der Waals surface area contributed by atoms with Crippen LogP contribution in [0.4, 0.5) is 5.69 Å². The minimum atomic E-state index is -0.378. The SMILES string of the molecule is CC(C)C[C@H](N)C(=O)NCC1CCN(c2ccccc2)C1. The van der Waals surface area contributed by atoms with Crippen molar-refractivity contribution in [2.24, 2.45) is 17.6 Å². The van der Waals surface area contributed by atoms with Crippen LogP contribution in [0.2, 0.25) is 0 Å². The van der Waals surface area contributed by atoms with E-state index in [-0.39, 0.29) is 11.9 Å². The highest BCUT2D eigenvalue weighted by atomic mass is 16.2. The third kappa shape index (κ3) is 4.74. The molecule has 0 radical (unpaired) electrons. The molecule has 1 amide bonds. The standard InChI is InChI=1S/C17H27N3O/c1-13(2)10-16(18)17(21)19-11-14-8-9-20(12-14)15-6-4-3-5-7-15/h3-7,13-14,16H,8-12,18H2,1-2H3,(H,19,21)/t14?,16-/m0/s1. The van der Waals surface area contributed by atoms with Gasteiger partial charge in [-0.2, -0.15) is 0 Å². The number of nitrogens with two attached hydrogens (primary N) is 1. The zero-order valence-electron chi connectivity index (χ0n) is 13.1. The van der Waals surface area contributed by atoms with Gasteiger partial charge in [-0.1, -0.05) is 32.0 Å². The minimum Gasteiger partial charge on any atom is -0.371 e. The van der Waals surface area contributed by atoms with E-state index < -0.39 is 0 Å². The van der Waals surface area contributed by atoms with Crippen LogP contribution >= 0.6 is 0 Å². The quantitative estimate of drug-likeness (QED) is 0.842. The van der Waals surface area contributed by atoms with Gasteiger partial charge in [0, 0.05) is 25.3 Å². The molecule has 1 aromatic carbocycles. The molecule has 1 heterocycles. The third-order valence-corrected chi connectivity index (χ3v) is 4.03. The molecule has 1 aliphatic heterocycles. The average molecular weight is 289 g/mol. The predicted molar refractivity (Wildman–Crippen MR) is 87.2 cm³/mol. The Kier molecular flexibility index (Phi) is 5.62. The van der Waals surface area contributed by atoms with Crippen LogP contribution in [-0.4, -0.2) is 31.6 Å². The predicted octanol–water partition coefficient (Wildman–Crippen LogP) is 2.00. The third-order valence-electron chi connectivity index (χ3n) is 4.03. The Balaban J connectivity index is 1.74. The zero-order chi connectivity index (χ0) is 15.2. The Morgan fingerprint density at radius 2 is 2.10 bits per heavy atom. The van der Waals surface area contributed by atoms with Crippen LogP contribution < -0.4 is 16.0 Å². The van der Waals surface area contributed by atoms with Crippen molar-refractivity contribution in [2.45, 2.75) is 32.7 Å². The molecule has 1 aliphatic rings. The second-order valence-corrected chi connectivity index (χ2v) is 6.42. The first kappa shape index (κ1) is 15.8. The average Bonchev–Trinajstić information content (AvgIpc) is 2.94. The summed E-state index contributed by atoms with van der Waals surface area (Å²) in [5, 5.41) is 3.01. The highest BCUT2D eigenvalue weighted by Gasteiger charge is 2.24. The molecule has 2 rings (SSSR count). The fourth-order valence-corrected chi connectivity index (χ4v) is 2.86. The van der Waals surface area contributed by atoms with Gasteiger partial charge in [0.1, 0.15) is 0 Å². The molecule has 0 saturated carbocycles. The van der Waals surface area contributed by atoms with Crippen LogP contribution in [0.15, 0.2) is 30.3 Å². The highest BCUT2D eigenvalue weighted by Crippen LogP contribution is 2.22. The topological polar surface area (TPSA) is 58.4 Å². The lowest BCUT2D eigenvalue weighted by Gasteiger charge is -2.19. The lowest BCUT2D eigenvalue weighted by Crippen LogP contribution is -2.43. The van der Waals surface area contributed by atoms with Crippen LogP contribution in [0.25, 0.3) is 0 Å². The van der Waals surface area contributed by atoms with E-state index >= 15 is 0 Å². The van der Waals surface area contributed by atoms with Gasteiger partial charge < -0.3 is 16.0 Å². The van der Waals surface area contributed by atoms with Gasteiger partial charge in [0.05, 0.1) is 6.04 Å². The first-order valence-electron chi connectivity index (χ1n) is 7.89. The van der Waals surface area contributed by atoms with E-state index in [1.807, 2.05) is 6.07 Å². The number of rotatable bonds is 6. The summed E-state index contributed by atoms with van der Waals surface area (Å²) in [4.78, 5) is 14.3. The fourth-order valence-electron chi connectivity index (χ4n) is 2.86. The Morgan fingerprint density at radius 3 is 2.76 bits per heavy atom. The highest BCUT2D eigenvalue weighted by molar-refractivity contribution is 5.81. The van der Waals surface area contributed by atoms with E-state index in [4.69, 9.17) is 5.73 Å². The number of hydrogen-bond acceptors (Lipinski definition) is 3. The molecule has 1 saturated heterocycles. The maximum atomic E-state index is 11.9. The Labute approximate surface area is 127 Å². The van der Waals surface area contributed by atoms with Crippen LogP contribution in [0.3, 0.4) is 0 Å². The Hall–Kier alpha value is -1.55. The number of amides is 1. The normalized spacial score (nSPS) is 19.8. The van der Waals surface area contributed by atoms with Crippen molar-refractivity contribution in [2.75, 3.05) is 24.5 Å². The second-order valence-electron chi connectivity index (χ2n) is 6.42. The lowest BCUT2D eigenvalue weighted by molar-refractivity contribution is -0.122. The second kappa shape index (κ2) is 7.46. The van der Waals surface area contributed by atoms with Gasteiger partial charge in [-0.3, -0.25) is 4.79 Å². The van der Waals surface area contributed by atoms with Gasteiger partial charge >= 0.3 is 0 Å². The van der Waals surface area contributed by atoms with Crippen molar-refractivity contribution >= 4 is 11.6 Å². The number of para-hydroxylation sites is 1. The van der Waals surface area contributed by atoms with E-state index in [0.717, 1.165) is 32.5 Å². The molecule has 1 aromatic rings. The van der Waals surface area contributed by atoms with E-state index in [0.29, 0.717) is 11.8 Å². The molecule has 1 fully saturated rings. The molecule has 0 aromatic heterocycles. The van der Waals surface area contributed by atoms with Crippen molar-refractivity contribution < 1.29 is 4.79 Å². The van der Waals surface area contributed by atoms with E-state index in [1.54, 1.807) is 0 Å². The molecule has 0 aliphatic carbocycles. The van der Waals surface area contributed by atoms with Gasteiger partial charge in [-0.05, 0) is 36.8 Å². The van der Waals surface area contributed by atoms with Crippen LogP contribution in [0.5, 0.6) is 0 Å². The van der Waals surface area contributed by atoms with Crippen molar-refractivity contribution in [1.29, 1.82) is 0 Å². The number of carbonyl (C=O) groups excluding carboxylic acids is 1. The Morgan fingerprint density at radius 1 is 1.38 bits per heavy atom. The molecular formula is C17H27N3O. The summed E-state index contributed by atoms with van der Waals surface area (Å²) in [7, 11) is 0. The summed E-state index contributed by atoms with van der Waals surface area (Å²) in [5.74, 6) is 0.952. The Bertz CT molecular complexity index is 447. The number of nitrogens with zero attached hydrogens (tertiary/aromatic N) is 1. The number of carbonyl (C=O) groups is 1. The molecule has 1 unspecified atom stereocenters. The largest absolute Gasteiger partial charge is 0.371 e. The number of hydrogen-bond donors (Lipinski definition) is 2. The van der Waals surface area contributed by atoms with Crippen molar-refractivity contribution in [3.05, 3.63) is 30.3 Å². The molecule has 2 atom stereocenters. The van der Waals surface area contributed by atoms with Gasteiger partial charge in [-0.25, -0.2) is 0 Å². The molecule has 4 nitrogen and oxygen atoms in total. The molecule has 116 valence electrons. The summed E-state index contributed by atoms with van der Waals surface area (Å²) in [6.07, 6.45) is 1.86. The van der Waals surface area contributed by atoms with Gasteiger partial charge in [0.25, 0.3) is 0 Å². The van der Waals surface area contributed by atoms with Crippen LogP contribution in [0, 0.1) is 11.8 Å². The summed E-state index contributed by atoms with van der Waals surface area (Å²) < 4.78 is 0. The summed E-state index contributed by atoms with van der Waals surface area (Å²) in [5.41, 5.74) is 7.17. The molecule has 3 N–H and O–H groups in total. The van der Waals surface area contributed by atoms with E-state index in [9.17, 15) is 4.79 Å². The number of anilines is 1. The molecule has 21 heavy (non-hydrogen) atoms. The summed E-state index contributed by atoms with van der Waals surface area (Å²) in [6, 6.07) is 10.1. The number of nitrogens with one attached hydrogen (secondary N) is 1. The summed E-state index contributed by atoms with van der Waals surface area (Å²) >= 11 is 0. The van der Waals surface area contributed by atoms with E-state index in [2.05, 4.69) is 48.3 Å². The van der Waals surface area contributed by atoms with Crippen LogP contribution in [-0.2, 0) is 4.79 Å². The number of benzene rings is 1. The smallest absolute Gasteiger partial charge is 0.236 e. The van der Waals surface area contributed by atoms with Gasteiger partial charge in [0.15, 0.2) is 0 Å². The fraction of sp³-hybridized carbons (Fsp3) is 0.588.